The fourth-order valence-corrected chi connectivity index (χ4v) is 2.69. The third-order valence-electron chi connectivity index (χ3n) is 3.67. The van der Waals surface area contributed by atoms with Gasteiger partial charge in [0.2, 0.25) is 0 Å². The lowest BCUT2D eigenvalue weighted by atomic mass is 10.1. The van der Waals surface area contributed by atoms with Gasteiger partial charge in [-0.3, -0.25) is 0 Å². The molecule has 5 heteroatoms. The molecule has 1 heterocycles. The molecule has 3 rings (SSSR count). The summed E-state index contributed by atoms with van der Waals surface area (Å²) in [4.78, 5) is 4.69. The highest BCUT2D eigenvalue weighted by molar-refractivity contribution is 6.31. The van der Waals surface area contributed by atoms with E-state index in [1.54, 1.807) is 7.05 Å². The maximum absolute atomic E-state index is 9.89. The number of aliphatic hydroxyl groups is 1. The molecule has 0 aliphatic heterocycles. The summed E-state index contributed by atoms with van der Waals surface area (Å²) in [5.74, 6) is 0.686. The van der Waals surface area contributed by atoms with Crippen LogP contribution in [0.4, 0.5) is 0 Å². The predicted molar refractivity (Wildman–Crippen MR) is 97.6 cm³/mol. The summed E-state index contributed by atoms with van der Waals surface area (Å²) in [6.45, 7) is 0.678. The van der Waals surface area contributed by atoms with Gasteiger partial charge in [-0.2, -0.15) is 0 Å². The van der Waals surface area contributed by atoms with Crippen molar-refractivity contribution >= 4 is 22.5 Å². The summed E-state index contributed by atoms with van der Waals surface area (Å²) in [5, 5.41) is 14.3. The number of aliphatic hydroxyl groups excluding tert-OH is 1. The van der Waals surface area contributed by atoms with Gasteiger partial charge in [0.05, 0.1) is 11.2 Å². The lowest BCUT2D eigenvalue weighted by molar-refractivity contribution is 0.109. The average Bonchev–Trinajstić information content (AvgIpc) is 2.60. The maximum atomic E-state index is 9.89. The Morgan fingerprint density at radius 1 is 1.17 bits per heavy atom. The summed E-state index contributed by atoms with van der Waals surface area (Å²) in [6, 6.07) is 17.3. The number of pyridine rings is 1. The summed E-state index contributed by atoms with van der Waals surface area (Å²) in [5.41, 5.74) is 2.57. The van der Waals surface area contributed by atoms with Crippen LogP contribution in [-0.2, 0) is 0 Å². The summed E-state index contributed by atoms with van der Waals surface area (Å²) >= 11 is 6.11. The topological polar surface area (TPSA) is 54.4 Å². The van der Waals surface area contributed by atoms with Crippen LogP contribution in [0.5, 0.6) is 5.75 Å². The zero-order chi connectivity index (χ0) is 16.9. The molecule has 0 radical (unpaired) electrons. The second kappa shape index (κ2) is 7.62. The molecule has 0 saturated carbocycles. The number of rotatable bonds is 6. The Bertz CT molecular complexity index is 824. The minimum absolute atomic E-state index is 0.205. The van der Waals surface area contributed by atoms with Crippen molar-refractivity contribution in [2.45, 2.75) is 6.10 Å². The molecule has 1 aromatic heterocycles. The number of nitrogens with one attached hydrogen (secondary N) is 1. The van der Waals surface area contributed by atoms with Crippen molar-refractivity contribution in [2.75, 3.05) is 20.2 Å². The molecule has 2 aromatic carbocycles. The van der Waals surface area contributed by atoms with Crippen LogP contribution in [-0.4, -0.2) is 36.4 Å². The molecule has 0 bridgehead atoms. The molecule has 0 amide bonds. The smallest absolute Gasteiger partial charge is 0.131 e. The number of hydrogen-bond donors (Lipinski definition) is 2. The molecule has 1 atom stereocenters. The van der Waals surface area contributed by atoms with Crippen molar-refractivity contribution in [2.24, 2.45) is 0 Å². The van der Waals surface area contributed by atoms with E-state index in [1.807, 2.05) is 54.6 Å². The second-order valence-electron chi connectivity index (χ2n) is 5.56. The molecule has 0 fully saturated rings. The molecule has 0 saturated heterocycles. The number of halogens is 1. The van der Waals surface area contributed by atoms with Crippen molar-refractivity contribution in [3.05, 3.63) is 59.6 Å². The number of likely N-dealkylation sites (N-methyl/N-ethyl adjacent to an activating group) is 1. The third-order valence-corrected chi connectivity index (χ3v) is 3.91. The van der Waals surface area contributed by atoms with Crippen molar-refractivity contribution < 1.29 is 9.84 Å². The van der Waals surface area contributed by atoms with Gasteiger partial charge in [0, 0.05) is 28.6 Å². The fourth-order valence-electron chi connectivity index (χ4n) is 2.53. The Morgan fingerprint density at radius 2 is 1.96 bits per heavy atom. The van der Waals surface area contributed by atoms with Gasteiger partial charge in [0.1, 0.15) is 18.5 Å². The molecule has 2 N–H and O–H groups in total. The Balaban J connectivity index is 2.02. The first kappa shape index (κ1) is 16.7. The Labute approximate surface area is 146 Å². The zero-order valence-electron chi connectivity index (χ0n) is 13.4. The van der Waals surface area contributed by atoms with E-state index in [4.69, 9.17) is 21.3 Å². The highest BCUT2D eigenvalue weighted by Crippen LogP contribution is 2.31. The van der Waals surface area contributed by atoms with Crippen LogP contribution in [0, 0.1) is 0 Å². The van der Waals surface area contributed by atoms with Crippen molar-refractivity contribution in [1.82, 2.24) is 10.3 Å². The first-order valence-electron chi connectivity index (χ1n) is 7.78. The third kappa shape index (κ3) is 3.85. The van der Waals surface area contributed by atoms with Crippen molar-refractivity contribution in [1.29, 1.82) is 0 Å². The Hall–Kier alpha value is -2.14. The number of ether oxygens (including phenoxy) is 1. The SMILES string of the molecule is CNCC(O)COc1cc(-c2ccccc2)nc2cc(Cl)ccc12. The van der Waals surface area contributed by atoms with Gasteiger partial charge in [-0.25, -0.2) is 4.98 Å². The summed E-state index contributed by atoms with van der Waals surface area (Å²) < 4.78 is 5.86. The van der Waals surface area contributed by atoms with E-state index >= 15 is 0 Å². The van der Waals surface area contributed by atoms with Gasteiger partial charge in [0.25, 0.3) is 0 Å². The van der Waals surface area contributed by atoms with Gasteiger partial charge in [0.15, 0.2) is 0 Å². The zero-order valence-corrected chi connectivity index (χ0v) is 14.1. The molecule has 24 heavy (non-hydrogen) atoms. The van der Waals surface area contributed by atoms with Gasteiger partial charge < -0.3 is 15.2 Å². The number of nitrogens with zero attached hydrogens (tertiary/aromatic N) is 1. The molecule has 4 nitrogen and oxygen atoms in total. The van der Waals surface area contributed by atoms with Crippen LogP contribution in [0.3, 0.4) is 0 Å². The van der Waals surface area contributed by atoms with Crippen LogP contribution < -0.4 is 10.1 Å². The lowest BCUT2D eigenvalue weighted by Crippen LogP contribution is -2.29. The molecular weight excluding hydrogens is 324 g/mol. The number of hydrogen-bond acceptors (Lipinski definition) is 4. The van der Waals surface area contributed by atoms with Gasteiger partial charge in [-0.05, 0) is 25.2 Å². The van der Waals surface area contributed by atoms with E-state index < -0.39 is 6.10 Å². The molecule has 0 spiro atoms. The highest BCUT2D eigenvalue weighted by Gasteiger charge is 2.11. The van der Waals surface area contributed by atoms with Gasteiger partial charge in [-0.1, -0.05) is 41.9 Å². The van der Waals surface area contributed by atoms with Crippen molar-refractivity contribution in [3.63, 3.8) is 0 Å². The first-order chi connectivity index (χ1) is 11.7. The van der Waals surface area contributed by atoms with E-state index in [0.717, 1.165) is 22.2 Å². The molecular formula is C19H19ClN2O2. The van der Waals surface area contributed by atoms with E-state index in [-0.39, 0.29) is 6.61 Å². The summed E-state index contributed by atoms with van der Waals surface area (Å²) in [6.07, 6.45) is -0.578. The van der Waals surface area contributed by atoms with E-state index in [9.17, 15) is 5.11 Å². The fraction of sp³-hybridized carbons (Fsp3) is 0.211. The minimum Gasteiger partial charge on any atom is -0.490 e. The van der Waals surface area contributed by atoms with Crippen LogP contribution in [0.1, 0.15) is 0 Å². The van der Waals surface area contributed by atoms with E-state index in [1.165, 1.54) is 0 Å². The molecule has 3 aromatic rings. The summed E-state index contributed by atoms with van der Waals surface area (Å²) in [7, 11) is 1.79. The first-order valence-corrected chi connectivity index (χ1v) is 8.16. The lowest BCUT2D eigenvalue weighted by Gasteiger charge is -2.15. The number of fused-ring (bicyclic) bond motifs is 1. The molecule has 0 aliphatic carbocycles. The van der Waals surface area contributed by atoms with Crippen LogP contribution in [0.2, 0.25) is 5.02 Å². The quantitative estimate of drug-likeness (QED) is 0.719. The van der Waals surface area contributed by atoms with E-state index in [2.05, 4.69) is 5.32 Å². The van der Waals surface area contributed by atoms with Crippen molar-refractivity contribution in [3.8, 4) is 17.0 Å². The van der Waals surface area contributed by atoms with Crippen LogP contribution in [0.15, 0.2) is 54.6 Å². The van der Waals surface area contributed by atoms with Gasteiger partial charge >= 0.3 is 0 Å². The molecule has 0 aliphatic rings. The minimum atomic E-state index is -0.578. The Kier molecular flexibility index (Phi) is 5.30. The predicted octanol–water partition coefficient (Wildman–Crippen LogP) is 3.51. The standard InChI is InChI=1S/C19H19ClN2O2/c1-21-11-15(23)12-24-19-10-17(13-5-3-2-4-6-13)22-18-9-14(20)7-8-16(18)19/h2-10,15,21,23H,11-12H2,1H3. The Morgan fingerprint density at radius 3 is 2.71 bits per heavy atom. The average molecular weight is 343 g/mol. The number of aromatic nitrogens is 1. The number of benzene rings is 2. The van der Waals surface area contributed by atoms with E-state index in [0.29, 0.717) is 17.3 Å². The van der Waals surface area contributed by atoms with Crippen LogP contribution in [0.25, 0.3) is 22.2 Å². The van der Waals surface area contributed by atoms with Gasteiger partial charge in [-0.15, -0.1) is 0 Å². The normalized spacial score (nSPS) is 12.3. The molecule has 124 valence electrons. The monoisotopic (exact) mass is 342 g/mol. The highest BCUT2D eigenvalue weighted by atomic mass is 35.5. The van der Waals surface area contributed by atoms with Crippen LogP contribution >= 0.6 is 11.6 Å². The maximum Gasteiger partial charge on any atom is 0.131 e. The second-order valence-corrected chi connectivity index (χ2v) is 5.99. The largest absolute Gasteiger partial charge is 0.490 e. The molecule has 1 unspecified atom stereocenters.